The van der Waals surface area contributed by atoms with E-state index in [9.17, 15) is 4.79 Å². The standard InChI is InChI=1S/C4H9N3O2.CH3NO2/c1-7(4(5)6)2-3(8)9;2-1(3)4/h2H2,1H3,(H3,5,6)(H,8,9);2H2,(H,3,4). The summed E-state index contributed by atoms with van der Waals surface area (Å²) in [5.41, 5.74) is 8.96. The van der Waals surface area contributed by atoms with Crippen molar-refractivity contribution in [1.82, 2.24) is 4.90 Å². The number of primary amides is 1. The first-order valence-corrected chi connectivity index (χ1v) is 3.02. The van der Waals surface area contributed by atoms with Crippen molar-refractivity contribution in [3.05, 3.63) is 0 Å². The van der Waals surface area contributed by atoms with Crippen molar-refractivity contribution < 1.29 is 19.8 Å². The average Bonchev–Trinajstić information content (AvgIpc) is 1.83. The van der Waals surface area contributed by atoms with E-state index in [2.05, 4.69) is 5.73 Å². The molecule has 0 aromatic carbocycles. The number of carboxylic acid groups (broad SMARTS) is 2. The Morgan fingerprint density at radius 2 is 1.69 bits per heavy atom. The smallest absolute Gasteiger partial charge is 0.402 e. The summed E-state index contributed by atoms with van der Waals surface area (Å²) < 4.78 is 0. The average molecular weight is 192 g/mol. The van der Waals surface area contributed by atoms with Gasteiger partial charge in [0.05, 0.1) is 0 Å². The van der Waals surface area contributed by atoms with Gasteiger partial charge in [0.15, 0.2) is 5.96 Å². The van der Waals surface area contributed by atoms with E-state index >= 15 is 0 Å². The van der Waals surface area contributed by atoms with Gasteiger partial charge in [0.2, 0.25) is 0 Å². The van der Waals surface area contributed by atoms with Crippen LogP contribution in [0.4, 0.5) is 4.79 Å². The van der Waals surface area contributed by atoms with E-state index in [1.807, 2.05) is 0 Å². The van der Waals surface area contributed by atoms with Crippen molar-refractivity contribution in [1.29, 1.82) is 5.41 Å². The molecule has 0 bridgehead atoms. The second-order valence-electron chi connectivity index (χ2n) is 1.97. The molecule has 0 saturated carbocycles. The minimum atomic E-state index is -1.33. The minimum absolute atomic E-state index is 0.227. The molecule has 0 aromatic heterocycles. The topological polar surface area (TPSA) is 154 Å². The molecule has 0 aromatic rings. The van der Waals surface area contributed by atoms with Crippen LogP contribution in [0.1, 0.15) is 0 Å². The maximum atomic E-state index is 9.92. The van der Waals surface area contributed by atoms with Crippen LogP contribution in [0.15, 0.2) is 0 Å². The van der Waals surface area contributed by atoms with Crippen LogP contribution in [-0.2, 0) is 4.79 Å². The molecule has 1 amide bonds. The number of guanidine groups is 1. The van der Waals surface area contributed by atoms with Gasteiger partial charge in [-0.05, 0) is 0 Å². The Kier molecular flexibility index (Phi) is 7.01. The Bertz CT molecular complexity index is 201. The van der Waals surface area contributed by atoms with Gasteiger partial charge in [-0.3, -0.25) is 10.2 Å². The molecule has 0 fully saturated rings. The molecular weight excluding hydrogens is 180 g/mol. The normalized spacial score (nSPS) is 7.77. The second kappa shape index (κ2) is 6.70. The molecule has 0 aliphatic heterocycles. The molecule has 8 heteroatoms. The fourth-order valence-electron chi connectivity index (χ4n) is 0.288. The number of amides is 1. The zero-order chi connectivity index (χ0) is 11.0. The largest absolute Gasteiger partial charge is 0.480 e. The summed E-state index contributed by atoms with van der Waals surface area (Å²) in [6.45, 7) is -0.227. The molecule has 76 valence electrons. The highest BCUT2D eigenvalue weighted by Crippen LogP contribution is 1.76. The van der Waals surface area contributed by atoms with Crippen LogP contribution in [0.25, 0.3) is 0 Å². The molecule has 7 N–H and O–H groups in total. The van der Waals surface area contributed by atoms with E-state index in [1.54, 1.807) is 0 Å². The third-order valence-corrected chi connectivity index (χ3v) is 0.784. The van der Waals surface area contributed by atoms with Crippen molar-refractivity contribution in [2.45, 2.75) is 0 Å². The van der Waals surface area contributed by atoms with Crippen LogP contribution in [0.5, 0.6) is 0 Å². The molecule has 0 rings (SSSR count). The Morgan fingerprint density at radius 3 is 1.77 bits per heavy atom. The number of hydrogen-bond acceptors (Lipinski definition) is 3. The van der Waals surface area contributed by atoms with Crippen molar-refractivity contribution in [3.8, 4) is 0 Å². The maximum Gasteiger partial charge on any atom is 0.402 e. The first kappa shape index (κ1) is 13.6. The predicted octanol–water partition coefficient (Wildman–Crippen LogP) is -1.48. The van der Waals surface area contributed by atoms with Gasteiger partial charge >= 0.3 is 12.1 Å². The summed E-state index contributed by atoms with van der Waals surface area (Å²) in [5, 5.41) is 22.1. The molecule has 0 aliphatic carbocycles. The van der Waals surface area contributed by atoms with Crippen LogP contribution in [-0.4, -0.2) is 46.7 Å². The number of rotatable bonds is 2. The summed E-state index contributed by atoms with van der Waals surface area (Å²) in [4.78, 5) is 19.8. The van der Waals surface area contributed by atoms with E-state index in [4.69, 9.17) is 26.2 Å². The summed E-state index contributed by atoms with van der Waals surface area (Å²) in [6, 6.07) is 0. The van der Waals surface area contributed by atoms with Crippen LogP contribution in [0.3, 0.4) is 0 Å². The van der Waals surface area contributed by atoms with E-state index in [0.717, 1.165) is 4.90 Å². The first-order chi connectivity index (χ1) is 5.77. The van der Waals surface area contributed by atoms with E-state index < -0.39 is 12.1 Å². The molecule has 0 radical (unpaired) electrons. The van der Waals surface area contributed by atoms with Gasteiger partial charge in [0, 0.05) is 7.05 Å². The number of carbonyl (C=O) groups is 2. The lowest BCUT2D eigenvalue weighted by atomic mass is 10.6. The van der Waals surface area contributed by atoms with E-state index in [1.165, 1.54) is 7.05 Å². The molecule has 0 heterocycles. The van der Waals surface area contributed by atoms with Gasteiger partial charge < -0.3 is 26.6 Å². The molecule has 0 aliphatic rings. The van der Waals surface area contributed by atoms with Crippen molar-refractivity contribution >= 4 is 18.0 Å². The number of aliphatic carboxylic acids is 1. The lowest BCUT2D eigenvalue weighted by Gasteiger charge is -2.12. The fraction of sp³-hybridized carbons (Fsp3) is 0.400. The summed E-state index contributed by atoms with van der Waals surface area (Å²) >= 11 is 0. The summed E-state index contributed by atoms with van der Waals surface area (Å²) in [6.07, 6.45) is -1.33. The molecule has 0 atom stereocenters. The number of nitrogens with two attached hydrogens (primary N) is 2. The Hall–Kier alpha value is -1.99. The Balaban J connectivity index is 0. The molecule has 8 nitrogen and oxygen atoms in total. The fourth-order valence-corrected chi connectivity index (χ4v) is 0.288. The highest BCUT2D eigenvalue weighted by atomic mass is 16.4. The van der Waals surface area contributed by atoms with Gasteiger partial charge in [0.1, 0.15) is 6.54 Å². The molecule has 13 heavy (non-hydrogen) atoms. The van der Waals surface area contributed by atoms with Crippen molar-refractivity contribution in [2.75, 3.05) is 13.6 Å². The highest BCUT2D eigenvalue weighted by Gasteiger charge is 2.03. The second-order valence-corrected chi connectivity index (χ2v) is 1.97. The van der Waals surface area contributed by atoms with Gasteiger partial charge in [-0.1, -0.05) is 0 Å². The number of nitrogens with zero attached hydrogens (tertiary/aromatic N) is 1. The third kappa shape index (κ3) is 17.8. The molecule has 0 spiro atoms. The van der Waals surface area contributed by atoms with Gasteiger partial charge in [-0.15, -0.1) is 0 Å². The van der Waals surface area contributed by atoms with Crippen LogP contribution in [0.2, 0.25) is 0 Å². The van der Waals surface area contributed by atoms with Gasteiger partial charge in [-0.2, -0.15) is 0 Å². The van der Waals surface area contributed by atoms with Crippen LogP contribution < -0.4 is 11.5 Å². The number of hydrogen-bond donors (Lipinski definition) is 5. The number of carboxylic acids is 1. The zero-order valence-electron chi connectivity index (χ0n) is 7.02. The number of likely N-dealkylation sites (N-methyl/N-ethyl adjacent to an activating group) is 1. The minimum Gasteiger partial charge on any atom is -0.480 e. The zero-order valence-corrected chi connectivity index (χ0v) is 7.02. The Labute approximate surface area is 74.2 Å². The van der Waals surface area contributed by atoms with Crippen molar-refractivity contribution in [3.63, 3.8) is 0 Å². The molecular formula is C5H12N4O4. The van der Waals surface area contributed by atoms with Crippen molar-refractivity contribution in [2.24, 2.45) is 11.5 Å². The lowest BCUT2D eigenvalue weighted by Crippen LogP contribution is -2.36. The van der Waals surface area contributed by atoms with Crippen LogP contribution in [0, 0.1) is 5.41 Å². The van der Waals surface area contributed by atoms with Gasteiger partial charge in [0.25, 0.3) is 0 Å². The summed E-state index contributed by atoms with van der Waals surface area (Å²) in [5.74, 6) is -1.23. The monoisotopic (exact) mass is 192 g/mol. The van der Waals surface area contributed by atoms with E-state index in [-0.39, 0.29) is 12.5 Å². The predicted molar refractivity (Wildman–Crippen MR) is 44.4 cm³/mol. The van der Waals surface area contributed by atoms with E-state index in [0.29, 0.717) is 0 Å². The lowest BCUT2D eigenvalue weighted by molar-refractivity contribution is -0.137. The Morgan fingerprint density at radius 1 is 1.38 bits per heavy atom. The first-order valence-electron chi connectivity index (χ1n) is 3.02. The van der Waals surface area contributed by atoms with Crippen LogP contribution >= 0.6 is 0 Å². The molecule has 0 saturated heterocycles. The number of nitrogens with one attached hydrogen (secondary N) is 1. The summed E-state index contributed by atoms with van der Waals surface area (Å²) in [7, 11) is 1.44. The van der Waals surface area contributed by atoms with Gasteiger partial charge in [-0.25, -0.2) is 4.79 Å². The quantitative estimate of drug-likeness (QED) is 0.265. The molecule has 0 unspecified atom stereocenters. The third-order valence-electron chi connectivity index (χ3n) is 0.784. The SMILES string of the molecule is CN(CC(=O)O)C(=N)N.NC(=O)O. The highest BCUT2D eigenvalue weighted by molar-refractivity contribution is 5.79. The maximum absolute atomic E-state index is 9.92.